The lowest BCUT2D eigenvalue weighted by molar-refractivity contribution is -0.142. The van der Waals surface area contributed by atoms with Crippen molar-refractivity contribution in [2.45, 2.75) is 82.9 Å². The van der Waals surface area contributed by atoms with Crippen molar-refractivity contribution in [2.75, 3.05) is 11.5 Å². The molecule has 1 aliphatic heterocycles. The molecule has 0 amide bonds. The van der Waals surface area contributed by atoms with Crippen LogP contribution in [0.1, 0.15) is 55.4 Å². The van der Waals surface area contributed by atoms with Crippen molar-refractivity contribution in [1.82, 2.24) is 0 Å². The zero-order valence-corrected chi connectivity index (χ0v) is 15.3. The van der Waals surface area contributed by atoms with E-state index in [1.165, 1.54) is 0 Å². The van der Waals surface area contributed by atoms with Gasteiger partial charge in [0.2, 0.25) is 0 Å². The molecule has 0 N–H and O–H groups in total. The van der Waals surface area contributed by atoms with Crippen molar-refractivity contribution < 1.29 is 9.47 Å². The van der Waals surface area contributed by atoms with Gasteiger partial charge in [0, 0.05) is 21.0 Å². The number of hydrogen-bond acceptors (Lipinski definition) is 4. The summed E-state index contributed by atoms with van der Waals surface area (Å²) in [5.41, 5.74) is 0. The van der Waals surface area contributed by atoms with Crippen LogP contribution >= 0.6 is 23.5 Å². The van der Waals surface area contributed by atoms with Crippen LogP contribution < -0.4 is 0 Å². The maximum atomic E-state index is 6.07. The first-order valence-electron chi connectivity index (χ1n) is 7.02. The van der Waals surface area contributed by atoms with Crippen LogP contribution in [0.25, 0.3) is 0 Å². The highest BCUT2D eigenvalue weighted by Gasteiger charge is 2.41. The molecule has 2 nitrogen and oxygen atoms in total. The van der Waals surface area contributed by atoms with Gasteiger partial charge >= 0.3 is 0 Å². The molecule has 1 aliphatic rings. The Morgan fingerprint density at radius 1 is 0.789 bits per heavy atom. The van der Waals surface area contributed by atoms with Crippen molar-refractivity contribution in [3.63, 3.8) is 0 Å². The maximum Gasteiger partial charge on any atom is 0.163 e. The molecule has 1 rings (SSSR count). The topological polar surface area (TPSA) is 18.5 Å². The van der Waals surface area contributed by atoms with Gasteiger partial charge in [-0.3, -0.25) is 0 Å². The zero-order chi connectivity index (χ0) is 14.9. The molecule has 0 saturated carbocycles. The number of hydrogen-bond donors (Lipinski definition) is 0. The van der Waals surface area contributed by atoms with Gasteiger partial charge in [0.1, 0.15) is 0 Å². The minimum atomic E-state index is -0.438. The Morgan fingerprint density at radius 3 is 1.37 bits per heavy atom. The molecule has 0 bridgehead atoms. The molecule has 0 aliphatic carbocycles. The van der Waals surface area contributed by atoms with Gasteiger partial charge in [0.15, 0.2) is 5.79 Å². The van der Waals surface area contributed by atoms with Gasteiger partial charge in [-0.2, -0.15) is 23.5 Å². The van der Waals surface area contributed by atoms with Crippen LogP contribution in [0, 0.1) is 0 Å². The summed E-state index contributed by atoms with van der Waals surface area (Å²) < 4.78 is 12.7. The molecule has 0 aromatic heterocycles. The fourth-order valence-corrected chi connectivity index (χ4v) is 3.75. The first kappa shape index (κ1) is 17.7. The predicted octanol–water partition coefficient (Wildman–Crippen LogP) is 4.57. The maximum absolute atomic E-state index is 6.07. The largest absolute Gasteiger partial charge is 0.344 e. The first-order valence-corrected chi connectivity index (χ1v) is 8.99. The molecule has 2 atom stereocenters. The molecule has 1 saturated heterocycles. The Hall–Kier alpha value is 0.620. The zero-order valence-electron chi connectivity index (χ0n) is 13.7. The van der Waals surface area contributed by atoms with E-state index in [2.05, 4.69) is 41.5 Å². The van der Waals surface area contributed by atoms with E-state index in [9.17, 15) is 0 Å². The molecule has 0 radical (unpaired) electrons. The summed E-state index contributed by atoms with van der Waals surface area (Å²) in [6.07, 6.45) is 0.406. The van der Waals surface area contributed by atoms with Crippen molar-refractivity contribution in [3.05, 3.63) is 0 Å². The van der Waals surface area contributed by atoms with E-state index in [4.69, 9.17) is 9.47 Å². The predicted molar refractivity (Wildman–Crippen MR) is 88.2 cm³/mol. The SMILES string of the molecule is CC1(C)O[C@@H](CSC(C)(C)C)[C@H](CSC(C)(C)C)O1. The summed E-state index contributed by atoms with van der Waals surface area (Å²) in [5, 5.41) is 0. The minimum absolute atomic E-state index is 0.203. The lowest BCUT2D eigenvalue weighted by Gasteiger charge is -2.24. The van der Waals surface area contributed by atoms with Crippen molar-refractivity contribution in [2.24, 2.45) is 0 Å². The van der Waals surface area contributed by atoms with Crippen LogP contribution in [0.4, 0.5) is 0 Å². The standard InChI is InChI=1S/C15H30O2S2/c1-13(2,3)18-9-11-12(10-19-14(4,5)6)17-15(7,8)16-11/h11-12H,9-10H2,1-8H3/t11-,12-/m0/s1. The molecule has 19 heavy (non-hydrogen) atoms. The normalized spacial score (nSPS) is 27.8. The Labute approximate surface area is 127 Å². The summed E-state index contributed by atoms with van der Waals surface area (Å²) in [5.74, 6) is 1.57. The third kappa shape index (κ3) is 7.26. The molecule has 0 aromatic rings. The molecule has 114 valence electrons. The average Bonchev–Trinajstić information content (AvgIpc) is 2.45. The third-order valence-electron chi connectivity index (χ3n) is 2.65. The second kappa shape index (κ2) is 6.17. The molecular weight excluding hydrogens is 276 g/mol. The second-order valence-corrected chi connectivity index (χ2v) is 11.3. The summed E-state index contributed by atoms with van der Waals surface area (Å²) >= 11 is 3.91. The number of thioether (sulfide) groups is 2. The first-order chi connectivity index (χ1) is 8.38. The van der Waals surface area contributed by atoms with Crippen LogP contribution in [-0.2, 0) is 9.47 Å². The van der Waals surface area contributed by atoms with E-state index in [0.717, 1.165) is 11.5 Å². The molecule has 0 unspecified atom stereocenters. The molecule has 1 heterocycles. The molecule has 4 heteroatoms. The number of rotatable bonds is 4. The van der Waals surface area contributed by atoms with Gasteiger partial charge in [-0.05, 0) is 13.8 Å². The van der Waals surface area contributed by atoms with E-state index in [1.807, 2.05) is 37.4 Å². The van der Waals surface area contributed by atoms with Crippen LogP contribution in [0.15, 0.2) is 0 Å². The van der Waals surface area contributed by atoms with Gasteiger partial charge < -0.3 is 9.47 Å². The van der Waals surface area contributed by atoms with Crippen LogP contribution in [0.2, 0.25) is 0 Å². The Kier molecular flexibility index (Phi) is 5.73. The van der Waals surface area contributed by atoms with Crippen molar-refractivity contribution >= 4 is 23.5 Å². The second-order valence-electron chi connectivity index (χ2n) is 7.56. The van der Waals surface area contributed by atoms with Gasteiger partial charge in [-0.15, -0.1) is 0 Å². The Morgan fingerprint density at radius 2 is 1.11 bits per heavy atom. The lowest BCUT2D eigenvalue weighted by atomic mass is 10.2. The lowest BCUT2D eigenvalue weighted by Crippen LogP contribution is -2.30. The summed E-state index contributed by atoms with van der Waals surface area (Å²) in [6, 6.07) is 0. The molecular formula is C15H30O2S2. The Balaban J connectivity index is 2.55. The van der Waals surface area contributed by atoms with Crippen LogP contribution in [0.3, 0.4) is 0 Å². The van der Waals surface area contributed by atoms with E-state index in [-0.39, 0.29) is 21.7 Å². The van der Waals surface area contributed by atoms with Crippen molar-refractivity contribution in [1.29, 1.82) is 0 Å². The van der Waals surface area contributed by atoms with E-state index >= 15 is 0 Å². The number of ether oxygens (including phenoxy) is 2. The fraction of sp³-hybridized carbons (Fsp3) is 1.00. The van der Waals surface area contributed by atoms with E-state index in [1.54, 1.807) is 0 Å². The summed E-state index contributed by atoms with van der Waals surface area (Å²) in [6.45, 7) is 17.5. The quantitative estimate of drug-likeness (QED) is 0.757. The van der Waals surface area contributed by atoms with Crippen molar-refractivity contribution in [3.8, 4) is 0 Å². The summed E-state index contributed by atoms with van der Waals surface area (Å²) in [4.78, 5) is 0. The highest BCUT2D eigenvalue weighted by Crippen LogP contribution is 2.36. The minimum Gasteiger partial charge on any atom is -0.344 e. The van der Waals surface area contributed by atoms with Crippen LogP contribution in [0.5, 0.6) is 0 Å². The fourth-order valence-electron chi connectivity index (χ4n) is 1.86. The van der Waals surface area contributed by atoms with Gasteiger partial charge in [-0.1, -0.05) is 41.5 Å². The molecule has 0 aromatic carbocycles. The molecule has 1 fully saturated rings. The highest BCUT2D eigenvalue weighted by atomic mass is 32.2. The van der Waals surface area contributed by atoms with Gasteiger partial charge in [0.25, 0.3) is 0 Å². The summed E-state index contributed by atoms with van der Waals surface area (Å²) in [7, 11) is 0. The van der Waals surface area contributed by atoms with Gasteiger partial charge in [-0.25, -0.2) is 0 Å². The van der Waals surface area contributed by atoms with E-state index in [0.29, 0.717) is 0 Å². The molecule has 0 spiro atoms. The highest BCUT2D eigenvalue weighted by molar-refractivity contribution is 8.01. The van der Waals surface area contributed by atoms with E-state index < -0.39 is 5.79 Å². The Bertz CT molecular complexity index is 262. The van der Waals surface area contributed by atoms with Gasteiger partial charge in [0.05, 0.1) is 12.2 Å². The smallest absolute Gasteiger partial charge is 0.163 e. The monoisotopic (exact) mass is 306 g/mol. The van der Waals surface area contributed by atoms with Crippen LogP contribution in [-0.4, -0.2) is 39.0 Å². The third-order valence-corrected chi connectivity index (χ3v) is 5.37. The average molecular weight is 307 g/mol.